The van der Waals surface area contributed by atoms with Crippen LogP contribution in [0, 0.1) is 0 Å². The molecule has 2 rings (SSSR count). The fourth-order valence-electron chi connectivity index (χ4n) is 1.82. The molecule has 0 saturated carbocycles. The van der Waals surface area contributed by atoms with E-state index in [1.165, 1.54) is 0 Å². The third-order valence-electron chi connectivity index (χ3n) is 3.00. The molecule has 2 aromatic rings. The Morgan fingerprint density at radius 3 is 2.30 bits per heavy atom. The summed E-state index contributed by atoms with van der Waals surface area (Å²) in [5.41, 5.74) is 5.38. The van der Waals surface area contributed by atoms with Crippen molar-refractivity contribution in [3.05, 3.63) is 64.7 Å². The van der Waals surface area contributed by atoms with E-state index in [2.05, 4.69) is 10.9 Å². The van der Waals surface area contributed by atoms with Gasteiger partial charge in [-0.15, -0.1) is 0 Å². The second-order valence-electron chi connectivity index (χ2n) is 4.76. The minimum Gasteiger partial charge on any atom is -0.494 e. The second kappa shape index (κ2) is 8.19. The summed E-state index contributed by atoms with van der Waals surface area (Å²) in [7, 11) is 0. The molecule has 6 heteroatoms. The number of amides is 2. The summed E-state index contributed by atoms with van der Waals surface area (Å²) in [5, 5.41) is 0.316. The van der Waals surface area contributed by atoms with Crippen LogP contribution in [0.4, 0.5) is 0 Å². The molecule has 23 heavy (non-hydrogen) atoms. The van der Waals surface area contributed by atoms with Crippen molar-refractivity contribution in [3.8, 4) is 5.75 Å². The molecule has 0 saturated heterocycles. The first-order valence-corrected chi connectivity index (χ1v) is 7.57. The Hall–Kier alpha value is -2.53. The monoisotopic (exact) mass is 332 g/mol. The predicted molar refractivity (Wildman–Crippen MR) is 88.6 cm³/mol. The number of hydrogen-bond donors (Lipinski definition) is 2. The van der Waals surface area contributed by atoms with Gasteiger partial charge in [-0.05, 0) is 42.8 Å². The van der Waals surface area contributed by atoms with Gasteiger partial charge in [-0.1, -0.05) is 30.7 Å². The van der Waals surface area contributed by atoms with Gasteiger partial charge in [0.25, 0.3) is 11.8 Å². The number of carbonyl (C=O) groups excluding carboxylic acids is 2. The van der Waals surface area contributed by atoms with E-state index in [-0.39, 0.29) is 5.56 Å². The van der Waals surface area contributed by atoms with Crippen molar-refractivity contribution < 1.29 is 14.3 Å². The first-order valence-electron chi connectivity index (χ1n) is 7.20. The predicted octanol–water partition coefficient (Wildman–Crippen LogP) is 3.20. The van der Waals surface area contributed by atoms with Gasteiger partial charge >= 0.3 is 0 Å². The van der Waals surface area contributed by atoms with Crippen molar-refractivity contribution in [2.24, 2.45) is 0 Å². The Morgan fingerprint density at radius 1 is 1.00 bits per heavy atom. The molecule has 0 bridgehead atoms. The molecule has 2 N–H and O–H groups in total. The summed E-state index contributed by atoms with van der Waals surface area (Å²) in [5.74, 6) is -0.206. The van der Waals surface area contributed by atoms with Crippen molar-refractivity contribution >= 4 is 23.4 Å². The molecular weight excluding hydrogens is 316 g/mol. The zero-order chi connectivity index (χ0) is 16.7. The van der Waals surface area contributed by atoms with Crippen molar-refractivity contribution in [2.75, 3.05) is 6.61 Å². The lowest BCUT2D eigenvalue weighted by Gasteiger charge is -2.09. The van der Waals surface area contributed by atoms with Gasteiger partial charge in [-0.3, -0.25) is 20.4 Å². The van der Waals surface area contributed by atoms with Gasteiger partial charge in [-0.25, -0.2) is 0 Å². The summed E-state index contributed by atoms with van der Waals surface area (Å²) in [4.78, 5) is 23.9. The Bertz CT molecular complexity index is 686. The van der Waals surface area contributed by atoms with Crippen LogP contribution in [0.2, 0.25) is 5.02 Å². The van der Waals surface area contributed by atoms with Crippen LogP contribution < -0.4 is 15.6 Å². The number of benzene rings is 2. The van der Waals surface area contributed by atoms with Crippen molar-refractivity contribution in [3.63, 3.8) is 0 Å². The Morgan fingerprint density at radius 2 is 1.65 bits per heavy atom. The highest BCUT2D eigenvalue weighted by atomic mass is 35.5. The third kappa shape index (κ3) is 4.72. The molecule has 0 aliphatic heterocycles. The van der Waals surface area contributed by atoms with Gasteiger partial charge in [0.1, 0.15) is 5.75 Å². The normalized spacial score (nSPS) is 10.0. The highest BCUT2D eigenvalue weighted by Crippen LogP contribution is 2.14. The molecule has 0 fully saturated rings. The molecule has 0 aliphatic rings. The number of halogens is 1. The third-order valence-corrected chi connectivity index (χ3v) is 3.33. The maximum Gasteiger partial charge on any atom is 0.271 e. The molecular formula is C17H17ClN2O3. The summed E-state index contributed by atoms with van der Waals surface area (Å²) in [6, 6.07) is 13.3. The summed E-state index contributed by atoms with van der Waals surface area (Å²) >= 11 is 5.92. The maximum absolute atomic E-state index is 12.0. The molecule has 120 valence electrons. The molecule has 5 nitrogen and oxygen atoms in total. The lowest BCUT2D eigenvalue weighted by Crippen LogP contribution is -2.41. The van der Waals surface area contributed by atoms with Crippen molar-refractivity contribution in [1.29, 1.82) is 0 Å². The Kier molecular flexibility index (Phi) is 6.00. The van der Waals surface area contributed by atoms with Gasteiger partial charge in [-0.2, -0.15) is 0 Å². The molecule has 0 heterocycles. The highest BCUT2D eigenvalue weighted by molar-refractivity contribution is 6.33. The fourth-order valence-corrected chi connectivity index (χ4v) is 2.04. The van der Waals surface area contributed by atoms with E-state index in [1.54, 1.807) is 48.5 Å². The quantitative estimate of drug-likeness (QED) is 0.826. The number of rotatable bonds is 5. The molecule has 0 aliphatic carbocycles. The SMILES string of the molecule is CCCOc1ccc(C(=O)NNC(=O)c2ccccc2Cl)cc1. The highest BCUT2D eigenvalue weighted by Gasteiger charge is 2.11. The molecule has 2 aromatic carbocycles. The molecule has 0 atom stereocenters. The van der Waals surface area contributed by atoms with E-state index in [1.807, 2.05) is 6.92 Å². The molecule has 2 amide bonds. The van der Waals surface area contributed by atoms with Gasteiger partial charge in [0.05, 0.1) is 17.2 Å². The summed E-state index contributed by atoms with van der Waals surface area (Å²) in [6.07, 6.45) is 0.913. The van der Waals surface area contributed by atoms with Gasteiger partial charge in [0, 0.05) is 5.56 Å². The van der Waals surface area contributed by atoms with E-state index >= 15 is 0 Å². The van der Waals surface area contributed by atoms with Crippen LogP contribution in [-0.2, 0) is 0 Å². The number of nitrogens with one attached hydrogen (secondary N) is 2. The molecule has 0 unspecified atom stereocenters. The summed E-state index contributed by atoms with van der Waals surface area (Å²) in [6.45, 7) is 2.64. The molecule has 0 aromatic heterocycles. The van der Waals surface area contributed by atoms with Crippen LogP contribution >= 0.6 is 11.6 Å². The topological polar surface area (TPSA) is 67.4 Å². The van der Waals surface area contributed by atoms with Crippen LogP contribution in [-0.4, -0.2) is 18.4 Å². The van der Waals surface area contributed by atoms with Crippen LogP contribution in [0.3, 0.4) is 0 Å². The van der Waals surface area contributed by atoms with Crippen molar-refractivity contribution in [1.82, 2.24) is 10.9 Å². The zero-order valence-electron chi connectivity index (χ0n) is 12.6. The van der Waals surface area contributed by atoms with Crippen LogP contribution in [0.15, 0.2) is 48.5 Å². The lowest BCUT2D eigenvalue weighted by molar-refractivity contribution is 0.0846. The average Bonchev–Trinajstić information content (AvgIpc) is 2.58. The first kappa shape index (κ1) is 16.8. The second-order valence-corrected chi connectivity index (χ2v) is 5.17. The lowest BCUT2D eigenvalue weighted by atomic mass is 10.2. The van der Waals surface area contributed by atoms with Crippen LogP contribution in [0.5, 0.6) is 5.75 Å². The zero-order valence-corrected chi connectivity index (χ0v) is 13.4. The van der Waals surface area contributed by atoms with Gasteiger partial charge < -0.3 is 4.74 Å². The van der Waals surface area contributed by atoms with Gasteiger partial charge in [0.15, 0.2) is 0 Å². The summed E-state index contributed by atoms with van der Waals surface area (Å²) < 4.78 is 5.44. The number of carbonyl (C=O) groups is 2. The van der Waals surface area contributed by atoms with Crippen LogP contribution in [0.25, 0.3) is 0 Å². The Balaban J connectivity index is 1.92. The van der Waals surface area contributed by atoms with Crippen LogP contribution in [0.1, 0.15) is 34.1 Å². The average molecular weight is 333 g/mol. The molecule has 0 spiro atoms. The van der Waals surface area contributed by atoms with Crippen molar-refractivity contribution in [2.45, 2.75) is 13.3 Å². The van der Waals surface area contributed by atoms with E-state index in [9.17, 15) is 9.59 Å². The minimum atomic E-state index is -0.480. The number of ether oxygens (including phenoxy) is 1. The number of hydrazine groups is 1. The van der Waals surface area contributed by atoms with E-state index < -0.39 is 11.8 Å². The fraction of sp³-hybridized carbons (Fsp3) is 0.176. The number of hydrogen-bond acceptors (Lipinski definition) is 3. The van der Waals surface area contributed by atoms with E-state index in [4.69, 9.17) is 16.3 Å². The largest absolute Gasteiger partial charge is 0.494 e. The smallest absolute Gasteiger partial charge is 0.271 e. The minimum absolute atomic E-state index is 0.290. The Labute approximate surface area is 139 Å². The first-order chi connectivity index (χ1) is 11.1. The van der Waals surface area contributed by atoms with Gasteiger partial charge in [0.2, 0.25) is 0 Å². The van der Waals surface area contributed by atoms with E-state index in [0.717, 1.165) is 6.42 Å². The maximum atomic E-state index is 12.0. The standard InChI is InChI=1S/C17H17ClN2O3/c1-2-11-23-13-9-7-12(8-10-13)16(21)19-20-17(22)14-5-3-4-6-15(14)18/h3-10H,2,11H2,1H3,(H,19,21)(H,20,22). The molecule has 0 radical (unpaired) electrons. The van der Waals surface area contributed by atoms with E-state index in [0.29, 0.717) is 22.9 Å².